The first-order chi connectivity index (χ1) is 12.6. The van der Waals surface area contributed by atoms with Gasteiger partial charge in [0.1, 0.15) is 0 Å². The number of aromatic nitrogens is 2. The molecule has 0 spiro atoms. The Morgan fingerprint density at radius 1 is 1.35 bits per heavy atom. The number of hydrogen-bond donors (Lipinski definition) is 0. The van der Waals surface area contributed by atoms with E-state index in [1.165, 1.54) is 0 Å². The zero-order chi connectivity index (χ0) is 18.5. The highest BCUT2D eigenvalue weighted by atomic mass is 35.5. The van der Waals surface area contributed by atoms with E-state index in [0.717, 1.165) is 18.4 Å². The largest absolute Gasteiger partial charge is 0.466 e. The van der Waals surface area contributed by atoms with Crippen LogP contribution in [0.15, 0.2) is 36.7 Å². The zero-order valence-corrected chi connectivity index (χ0v) is 15.5. The molecule has 0 saturated carbocycles. The molecule has 1 aromatic heterocycles. The van der Waals surface area contributed by atoms with Crippen molar-refractivity contribution in [1.82, 2.24) is 14.7 Å². The molecule has 1 aromatic carbocycles. The molecule has 2 aromatic rings. The van der Waals surface area contributed by atoms with Crippen molar-refractivity contribution in [2.45, 2.75) is 26.3 Å². The molecule has 1 atom stereocenters. The van der Waals surface area contributed by atoms with Crippen LogP contribution >= 0.6 is 11.6 Å². The quantitative estimate of drug-likeness (QED) is 0.753. The number of amides is 1. The summed E-state index contributed by atoms with van der Waals surface area (Å²) in [5.41, 5.74) is 1.46. The first-order valence-electron chi connectivity index (χ1n) is 8.80. The SMILES string of the molecule is CCOC(=O)[C@@H]1CCCN(C(=O)c2cnn(Cc3ccccc3Cl)c2)C1. The van der Waals surface area contributed by atoms with Gasteiger partial charge >= 0.3 is 5.97 Å². The van der Waals surface area contributed by atoms with Gasteiger partial charge in [-0.05, 0) is 31.4 Å². The lowest BCUT2D eigenvalue weighted by Crippen LogP contribution is -2.42. The first kappa shape index (κ1) is 18.5. The second-order valence-corrected chi connectivity index (χ2v) is 6.77. The fourth-order valence-corrected chi connectivity index (χ4v) is 3.35. The molecule has 1 amide bonds. The topological polar surface area (TPSA) is 64.4 Å². The number of halogens is 1. The van der Waals surface area contributed by atoms with Gasteiger partial charge in [0.25, 0.3) is 5.91 Å². The lowest BCUT2D eigenvalue weighted by Gasteiger charge is -2.31. The van der Waals surface area contributed by atoms with E-state index in [1.54, 1.807) is 28.9 Å². The third-order valence-corrected chi connectivity index (χ3v) is 4.87. The molecule has 0 aliphatic carbocycles. The Bertz CT molecular complexity index is 790. The molecule has 7 heteroatoms. The van der Waals surface area contributed by atoms with Crippen LogP contribution in [0.25, 0.3) is 0 Å². The number of nitrogens with zero attached hydrogens (tertiary/aromatic N) is 3. The molecule has 0 unspecified atom stereocenters. The van der Waals surface area contributed by atoms with E-state index in [4.69, 9.17) is 16.3 Å². The summed E-state index contributed by atoms with van der Waals surface area (Å²) in [6.45, 7) is 3.69. The number of carbonyl (C=O) groups excluding carboxylic acids is 2. The van der Waals surface area contributed by atoms with Crippen LogP contribution < -0.4 is 0 Å². The molecule has 0 radical (unpaired) electrons. The number of carbonyl (C=O) groups is 2. The highest BCUT2D eigenvalue weighted by Crippen LogP contribution is 2.20. The van der Waals surface area contributed by atoms with Crippen LogP contribution in [0, 0.1) is 5.92 Å². The van der Waals surface area contributed by atoms with Crippen molar-refractivity contribution < 1.29 is 14.3 Å². The number of piperidine rings is 1. The zero-order valence-electron chi connectivity index (χ0n) is 14.7. The lowest BCUT2D eigenvalue weighted by atomic mass is 9.98. The lowest BCUT2D eigenvalue weighted by molar-refractivity contribution is -0.149. The van der Waals surface area contributed by atoms with Gasteiger partial charge in [0.05, 0.1) is 30.8 Å². The normalized spacial score (nSPS) is 17.2. The Morgan fingerprint density at radius 3 is 2.92 bits per heavy atom. The average molecular weight is 376 g/mol. The summed E-state index contributed by atoms with van der Waals surface area (Å²) in [6.07, 6.45) is 4.84. The number of esters is 1. The van der Waals surface area contributed by atoms with Crippen LogP contribution in [-0.4, -0.2) is 46.3 Å². The van der Waals surface area contributed by atoms with Crippen molar-refractivity contribution in [3.63, 3.8) is 0 Å². The summed E-state index contributed by atoms with van der Waals surface area (Å²) < 4.78 is 6.79. The van der Waals surface area contributed by atoms with Crippen molar-refractivity contribution in [2.24, 2.45) is 5.92 Å². The van der Waals surface area contributed by atoms with Gasteiger partial charge in [-0.1, -0.05) is 29.8 Å². The number of likely N-dealkylation sites (tertiary alicyclic amines) is 1. The fourth-order valence-electron chi connectivity index (χ4n) is 3.16. The fraction of sp³-hybridized carbons (Fsp3) is 0.421. The third-order valence-electron chi connectivity index (χ3n) is 4.50. The van der Waals surface area contributed by atoms with Gasteiger partial charge in [0.15, 0.2) is 0 Å². The second kappa shape index (κ2) is 8.36. The van der Waals surface area contributed by atoms with E-state index in [2.05, 4.69) is 5.10 Å². The maximum atomic E-state index is 12.8. The smallest absolute Gasteiger partial charge is 0.310 e. The Hall–Kier alpha value is -2.34. The Kier molecular flexibility index (Phi) is 5.93. The molecule has 1 fully saturated rings. The minimum atomic E-state index is -0.245. The van der Waals surface area contributed by atoms with Gasteiger partial charge < -0.3 is 9.64 Å². The summed E-state index contributed by atoms with van der Waals surface area (Å²) >= 11 is 6.18. The van der Waals surface area contributed by atoms with Crippen LogP contribution in [0.2, 0.25) is 5.02 Å². The van der Waals surface area contributed by atoms with Crippen LogP contribution in [-0.2, 0) is 16.1 Å². The summed E-state index contributed by atoms with van der Waals surface area (Å²) in [7, 11) is 0. The van der Waals surface area contributed by atoms with Crippen molar-refractivity contribution in [1.29, 1.82) is 0 Å². The molecule has 3 rings (SSSR count). The van der Waals surface area contributed by atoms with E-state index < -0.39 is 0 Å². The maximum Gasteiger partial charge on any atom is 0.310 e. The first-order valence-corrected chi connectivity index (χ1v) is 9.18. The summed E-state index contributed by atoms with van der Waals surface area (Å²) in [5.74, 6) is -0.574. The van der Waals surface area contributed by atoms with E-state index in [1.807, 2.05) is 24.3 Å². The molecular weight excluding hydrogens is 354 g/mol. The number of rotatable bonds is 5. The van der Waals surface area contributed by atoms with Crippen molar-refractivity contribution in [3.05, 3.63) is 52.8 Å². The van der Waals surface area contributed by atoms with Gasteiger partial charge in [-0.2, -0.15) is 5.10 Å². The Balaban J connectivity index is 1.66. The highest BCUT2D eigenvalue weighted by molar-refractivity contribution is 6.31. The Labute approximate surface area is 157 Å². The number of benzene rings is 1. The molecule has 1 aliphatic heterocycles. The van der Waals surface area contributed by atoms with E-state index in [0.29, 0.717) is 36.8 Å². The minimum absolute atomic E-state index is 0.107. The van der Waals surface area contributed by atoms with E-state index in [-0.39, 0.29) is 17.8 Å². The molecule has 1 aliphatic rings. The van der Waals surface area contributed by atoms with Crippen molar-refractivity contribution >= 4 is 23.5 Å². The van der Waals surface area contributed by atoms with Crippen LogP contribution in [0.5, 0.6) is 0 Å². The van der Waals surface area contributed by atoms with Crippen molar-refractivity contribution in [2.75, 3.05) is 19.7 Å². The number of ether oxygens (including phenoxy) is 1. The minimum Gasteiger partial charge on any atom is -0.466 e. The molecule has 138 valence electrons. The number of hydrogen-bond acceptors (Lipinski definition) is 4. The second-order valence-electron chi connectivity index (χ2n) is 6.36. The molecule has 0 N–H and O–H groups in total. The highest BCUT2D eigenvalue weighted by Gasteiger charge is 2.30. The molecule has 6 nitrogen and oxygen atoms in total. The standard InChI is InChI=1S/C19H22ClN3O3/c1-2-26-19(25)15-7-5-9-22(11-15)18(24)16-10-21-23(13-16)12-14-6-3-4-8-17(14)20/h3-4,6,8,10,13,15H,2,5,7,9,11-12H2,1H3/t15-/m1/s1. The predicted molar refractivity (Wildman–Crippen MR) is 98.0 cm³/mol. The maximum absolute atomic E-state index is 12.8. The van der Waals surface area contributed by atoms with Gasteiger partial charge in [-0.3, -0.25) is 14.3 Å². The summed E-state index contributed by atoms with van der Waals surface area (Å²) in [5, 5.41) is 4.94. The molecular formula is C19H22ClN3O3. The van der Waals surface area contributed by atoms with Gasteiger partial charge in [-0.15, -0.1) is 0 Å². The molecule has 26 heavy (non-hydrogen) atoms. The summed E-state index contributed by atoms with van der Waals surface area (Å²) in [4.78, 5) is 26.4. The van der Waals surface area contributed by atoms with Gasteiger partial charge in [0, 0.05) is 24.3 Å². The molecule has 1 saturated heterocycles. The predicted octanol–water partition coefficient (Wildman–Crippen LogP) is 3.00. The molecule has 0 bridgehead atoms. The summed E-state index contributed by atoms with van der Waals surface area (Å²) in [6, 6.07) is 7.55. The third kappa shape index (κ3) is 4.25. The average Bonchev–Trinajstić information content (AvgIpc) is 3.12. The van der Waals surface area contributed by atoms with Gasteiger partial charge in [-0.25, -0.2) is 0 Å². The van der Waals surface area contributed by atoms with E-state index >= 15 is 0 Å². The Morgan fingerprint density at radius 2 is 2.15 bits per heavy atom. The monoisotopic (exact) mass is 375 g/mol. The van der Waals surface area contributed by atoms with Gasteiger partial charge in [0.2, 0.25) is 0 Å². The molecule has 2 heterocycles. The van der Waals surface area contributed by atoms with Crippen LogP contribution in [0.3, 0.4) is 0 Å². The van der Waals surface area contributed by atoms with Crippen molar-refractivity contribution in [3.8, 4) is 0 Å². The van der Waals surface area contributed by atoms with Crippen LogP contribution in [0.4, 0.5) is 0 Å². The van der Waals surface area contributed by atoms with E-state index in [9.17, 15) is 9.59 Å². The van der Waals surface area contributed by atoms with Crippen LogP contribution in [0.1, 0.15) is 35.7 Å².